The van der Waals surface area contributed by atoms with E-state index >= 15 is 0 Å². The highest BCUT2D eigenvalue weighted by molar-refractivity contribution is 7.09. The quantitative estimate of drug-likeness (QED) is 0.496. The molecule has 2 atom stereocenters. The van der Waals surface area contributed by atoms with Gasteiger partial charge in [0.25, 0.3) is 11.8 Å². The fourth-order valence-corrected chi connectivity index (χ4v) is 4.84. The van der Waals surface area contributed by atoms with Gasteiger partial charge in [0, 0.05) is 23.0 Å². The molecule has 34 heavy (non-hydrogen) atoms. The van der Waals surface area contributed by atoms with Crippen LogP contribution in [0.25, 0.3) is 0 Å². The second-order valence-electron chi connectivity index (χ2n) is 8.33. The van der Waals surface area contributed by atoms with Crippen LogP contribution in [0.1, 0.15) is 57.1 Å². The predicted octanol–water partition coefficient (Wildman–Crippen LogP) is 4.51. The molecule has 8 heteroatoms. The van der Waals surface area contributed by atoms with E-state index in [9.17, 15) is 9.59 Å². The van der Waals surface area contributed by atoms with Crippen molar-refractivity contribution in [1.82, 2.24) is 15.6 Å². The molecule has 2 N–H and O–H groups in total. The minimum absolute atomic E-state index is 0.103. The van der Waals surface area contributed by atoms with Crippen LogP contribution in [0, 0.1) is 6.92 Å². The van der Waals surface area contributed by atoms with Crippen LogP contribution in [-0.4, -0.2) is 36.0 Å². The third kappa shape index (κ3) is 5.75. The SMILES string of the molecule is COc1ccccc1OCc1nc(C(=O)N[C@@H]2CCCC[C@H]2NC(=O)c2ccccc2C)cs1. The molecule has 3 aromatic rings. The number of thiazole rings is 1. The lowest BCUT2D eigenvalue weighted by molar-refractivity contribution is 0.0860. The maximum atomic E-state index is 12.9. The summed E-state index contributed by atoms with van der Waals surface area (Å²) in [4.78, 5) is 30.2. The molecule has 0 unspecified atom stereocenters. The number of rotatable bonds is 8. The molecule has 1 heterocycles. The second-order valence-corrected chi connectivity index (χ2v) is 9.27. The van der Waals surface area contributed by atoms with E-state index in [4.69, 9.17) is 9.47 Å². The number of methoxy groups -OCH3 is 1. The Hall–Kier alpha value is -3.39. The molecule has 178 valence electrons. The van der Waals surface area contributed by atoms with Crippen LogP contribution in [0.3, 0.4) is 0 Å². The van der Waals surface area contributed by atoms with Gasteiger partial charge in [-0.25, -0.2) is 4.98 Å². The lowest BCUT2D eigenvalue weighted by Gasteiger charge is -2.32. The molecule has 1 aliphatic carbocycles. The highest BCUT2D eigenvalue weighted by atomic mass is 32.1. The summed E-state index contributed by atoms with van der Waals surface area (Å²) in [6.07, 6.45) is 3.68. The Balaban J connectivity index is 1.36. The summed E-state index contributed by atoms with van der Waals surface area (Å²) in [6.45, 7) is 2.17. The molecule has 0 radical (unpaired) electrons. The third-order valence-corrected chi connectivity index (χ3v) is 6.82. The number of hydrogen-bond donors (Lipinski definition) is 2. The molecular weight excluding hydrogens is 450 g/mol. The van der Waals surface area contributed by atoms with Crippen molar-refractivity contribution in [3.8, 4) is 11.5 Å². The Morgan fingerprint density at radius 2 is 1.62 bits per heavy atom. The van der Waals surface area contributed by atoms with Crippen molar-refractivity contribution in [3.05, 3.63) is 75.7 Å². The molecule has 0 spiro atoms. The highest BCUT2D eigenvalue weighted by Crippen LogP contribution is 2.27. The summed E-state index contributed by atoms with van der Waals surface area (Å²) < 4.78 is 11.1. The number of benzene rings is 2. The molecule has 1 aromatic heterocycles. The Labute approximate surface area is 203 Å². The Morgan fingerprint density at radius 3 is 2.32 bits per heavy atom. The van der Waals surface area contributed by atoms with Gasteiger partial charge in [0.15, 0.2) is 11.5 Å². The molecule has 1 aliphatic rings. The monoisotopic (exact) mass is 479 g/mol. The number of ether oxygens (including phenoxy) is 2. The van der Waals surface area contributed by atoms with Crippen LogP contribution in [0.5, 0.6) is 11.5 Å². The van der Waals surface area contributed by atoms with Gasteiger partial charge in [0.2, 0.25) is 0 Å². The summed E-state index contributed by atoms with van der Waals surface area (Å²) in [6, 6.07) is 14.7. The molecule has 0 saturated heterocycles. The van der Waals surface area contributed by atoms with Gasteiger partial charge in [-0.3, -0.25) is 9.59 Å². The number of amides is 2. The van der Waals surface area contributed by atoms with Crippen molar-refractivity contribution < 1.29 is 19.1 Å². The van der Waals surface area contributed by atoms with Crippen LogP contribution in [0.2, 0.25) is 0 Å². The van der Waals surface area contributed by atoms with Crippen LogP contribution in [0.4, 0.5) is 0 Å². The normalized spacial score (nSPS) is 17.6. The van der Waals surface area contributed by atoms with Gasteiger partial charge >= 0.3 is 0 Å². The van der Waals surface area contributed by atoms with E-state index in [0.29, 0.717) is 27.8 Å². The number of nitrogens with zero attached hydrogens (tertiary/aromatic N) is 1. The number of carbonyl (C=O) groups excluding carboxylic acids is 2. The zero-order chi connectivity index (χ0) is 23.9. The van der Waals surface area contributed by atoms with Gasteiger partial charge < -0.3 is 20.1 Å². The van der Waals surface area contributed by atoms with Gasteiger partial charge in [0.05, 0.1) is 7.11 Å². The van der Waals surface area contributed by atoms with Crippen LogP contribution in [-0.2, 0) is 6.61 Å². The fourth-order valence-electron chi connectivity index (χ4n) is 4.15. The summed E-state index contributed by atoms with van der Waals surface area (Å²) in [5.41, 5.74) is 1.96. The van der Waals surface area contributed by atoms with E-state index in [2.05, 4.69) is 15.6 Å². The molecule has 2 aromatic carbocycles. The van der Waals surface area contributed by atoms with Gasteiger partial charge in [-0.1, -0.05) is 43.2 Å². The maximum Gasteiger partial charge on any atom is 0.271 e. The lowest BCUT2D eigenvalue weighted by Crippen LogP contribution is -2.53. The first-order valence-electron chi connectivity index (χ1n) is 11.4. The number of para-hydroxylation sites is 2. The van der Waals surface area contributed by atoms with Crippen molar-refractivity contribution in [2.24, 2.45) is 0 Å². The van der Waals surface area contributed by atoms with E-state index in [1.165, 1.54) is 11.3 Å². The molecular formula is C26H29N3O4S. The highest BCUT2D eigenvalue weighted by Gasteiger charge is 2.29. The predicted molar refractivity (Wildman–Crippen MR) is 132 cm³/mol. The average molecular weight is 480 g/mol. The third-order valence-electron chi connectivity index (χ3n) is 5.99. The van der Waals surface area contributed by atoms with Gasteiger partial charge in [-0.15, -0.1) is 11.3 Å². The summed E-state index contributed by atoms with van der Waals surface area (Å²) >= 11 is 1.38. The minimum Gasteiger partial charge on any atom is -0.493 e. The molecule has 2 amide bonds. The van der Waals surface area contributed by atoms with E-state index in [1.807, 2.05) is 55.5 Å². The van der Waals surface area contributed by atoms with E-state index < -0.39 is 0 Å². The van der Waals surface area contributed by atoms with E-state index in [-0.39, 0.29) is 30.5 Å². The number of hydrogen-bond acceptors (Lipinski definition) is 6. The largest absolute Gasteiger partial charge is 0.493 e. The first-order chi connectivity index (χ1) is 16.5. The second kappa shape index (κ2) is 11.2. The Kier molecular flexibility index (Phi) is 7.80. The van der Waals surface area contributed by atoms with Crippen molar-refractivity contribution in [1.29, 1.82) is 0 Å². The lowest BCUT2D eigenvalue weighted by atomic mass is 9.89. The van der Waals surface area contributed by atoms with Gasteiger partial charge in [0.1, 0.15) is 17.3 Å². The molecule has 1 fully saturated rings. The first-order valence-corrected chi connectivity index (χ1v) is 12.3. The van der Waals surface area contributed by atoms with E-state index in [1.54, 1.807) is 12.5 Å². The molecule has 7 nitrogen and oxygen atoms in total. The molecule has 0 bridgehead atoms. The van der Waals surface area contributed by atoms with Crippen molar-refractivity contribution >= 4 is 23.2 Å². The molecule has 1 saturated carbocycles. The Morgan fingerprint density at radius 1 is 0.971 bits per heavy atom. The van der Waals surface area contributed by atoms with Crippen molar-refractivity contribution in [2.75, 3.05) is 7.11 Å². The molecule has 4 rings (SSSR count). The van der Waals surface area contributed by atoms with Crippen LogP contribution >= 0.6 is 11.3 Å². The fraction of sp³-hybridized carbons (Fsp3) is 0.346. The smallest absolute Gasteiger partial charge is 0.271 e. The van der Waals surface area contributed by atoms with Crippen LogP contribution < -0.4 is 20.1 Å². The average Bonchev–Trinajstić information content (AvgIpc) is 3.33. The zero-order valence-electron chi connectivity index (χ0n) is 19.4. The first kappa shape index (κ1) is 23.8. The Bertz CT molecular complexity index is 1150. The van der Waals surface area contributed by atoms with Gasteiger partial charge in [-0.05, 0) is 43.5 Å². The van der Waals surface area contributed by atoms with Crippen molar-refractivity contribution in [3.63, 3.8) is 0 Å². The number of nitrogens with one attached hydrogen (secondary N) is 2. The topological polar surface area (TPSA) is 89.6 Å². The van der Waals surface area contributed by atoms with Gasteiger partial charge in [-0.2, -0.15) is 0 Å². The summed E-state index contributed by atoms with van der Waals surface area (Å²) in [5, 5.41) is 8.66. The molecule has 0 aliphatic heterocycles. The van der Waals surface area contributed by atoms with Crippen LogP contribution in [0.15, 0.2) is 53.9 Å². The number of aryl methyl sites for hydroxylation is 1. The number of carbonyl (C=O) groups is 2. The minimum atomic E-state index is -0.234. The zero-order valence-corrected chi connectivity index (χ0v) is 20.2. The number of aromatic nitrogens is 1. The van der Waals surface area contributed by atoms with E-state index in [0.717, 1.165) is 31.2 Å². The van der Waals surface area contributed by atoms with Crippen molar-refractivity contribution in [2.45, 2.75) is 51.3 Å². The summed E-state index contributed by atoms with van der Waals surface area (Å²) in [5.74, 6) is 0.935. The maximum absolute atomic E-state index is 12.9. The summed E-state index contributed by atoms with van der Waals surface area (Å²) in [7, 11) is 1.59. The standard InChI is InChI=1S/C26H29N3O4S/c1-17-9-3-4-10-18(17)25(30)28-19-11-5-6-12-20(19)29-26(31)21-16-34-24(27-21)15-33-23-14-8-7-13-22(23)32-2/h3-4,7-10,13-14,16,19-20H,5-6,11-12,15H2,1-2H3,(H,28,30)(H,29,31)/t19-,20-/m1/s1.